The minimum Gasteiger partial charge on any atom is -0.462 e. The van der Waals surface area contributed by atoms with Gasteiger partial charge in [-0.05, 0) is 38.7 Å². The van der Waals surface area contributed by atoms with Crippen LogP contribution in [0.3, 0.4) is 0 Å². The molecule has 2 unspecified atom stereocenters. The minimum atomic E-state index is -1.99. The van der Waals surface area contributed by atoms with E-state index < -0.39 is 95.1 Å². The number of piperidine rings is 1. The van der Waals surface area contributed by atoms with E-state index in [0.29, 0.717) is 24.5 Å². The summed E-state index contributed by atoms with van der Waals surface area (Å²) in [7, 11) is 1.47. The third-order valence-corrected chi connectivity index (χ3v) is 13.4. The smallest absolute Gasteiger partial charge is 0.312 e. The molecule has 0 aromatic rings. The molecule has 0 radical (unpaired) electrons. The first-order valence-electron chi connectivity index (χ1n) is 21.5. The maximum absolute atomic E-state index is 14.3. The Hall–Kier alpha value is -4.12. The van der Waals surface area contributed by atoms with Gasteiger partial charge in [-0.1, -0.05) is 66.3 Å². The number of nitrogens with one attached hydrogen (secondary N) is 2. The second kappa shape index (κ2) is 18.7. The molecule has 1 amide bonds. The Labute approximate surface area is 360 Å². The number of rotatable bonds is 4. The Balaban J connectivity index is 1.61. The Morgan fingerprint density at radius 2 is 1.69 bits per heavy atom. The standard InChI is InChI=1S/C46H68N4O11/c1-25(2)23-49-19-17-45(18-20-49)48-34-24-50(45)46(57)22-35(52)37(34)47-43(56)27(4)15-13-14-26(3)38(53)29(6)39(54)30(7)40(60-33(10)51)28(5)36(58-12)16-21-59-44(11)42(55)31(8)41(61-44)32(46)9/h13-16,21,25-26,28-30,36,38-40,48,53-54,57H,8,17-20,22-24H2,1-7,9-12H3,(H,47,56)/b14-13+,21-16+,27-15-,41-32+/t26-,28+,29+,30+,36-,38-,39+,40+,44-,46?/m0/s1. The highest BCUT2D eigenvalue weighted by Crippen LogP contribution is 2.47. The largest absolute Gasteiger partial charge is 0.462 e. The third kappa shape index (κ3) is 9.62. The minimum absolute atomic E-state index is 0.0134. The second-order valence-electron chi connectivity index (χ2n) is 18.3. The van der Waals surface area contributed by atoms with E-state index in [-0.39, 0.29) is 34.7 Å². The average molecular weight is 853 g/mol. The number of carbonyl (C=O) groups is 4. The number of Topliss-reactive ketones (excluding diaryl/α,β-unsaturated/α-hetero) is 2. The van der Waals surface area contributed by atoms with Gasteiger partial charge in [0, 0.05) is 82.0 Å². The van der Waals surface area contributed by atoms with Gasteiger partial charge in [-0.3, -0.25) is 19.2 Å². The van der Waals surface area contributed by atoms with Gasteiger partial charge in [0.15, 0.2) is 11.5 Å². The lowest BCUT2D eigenvalue weighted by Gasteiger charge is -2.51. The fraction of sp³-hybridized carbons (Fsp3) is 0.652. The molecule has 5 aliphatic heterocycles. The maximum Gasteiger partial charge on any atom is 0.312 e. The van der Waals surface area contributed by atoms with E-state index in [1.165, 1.54) is 27.2 Å². The number of carbonyl (C=O) groups excluding carboxylic acids is 4. The number of amides is 1. The zero-order chi connectivity index (χ0) is 45.4. The molecule has 0 aromatic heterocycles. The highest BCUT2D eigenvalue weighted by molar-refractivity contribution is 6.07. The van der Waals surface area contributed by atoms with Crippen LogP contribution in [-0.2, 0) is 38.1 Å². The van der Waals surface area contributed by atoms with Gasteiger partial charge in [0.1, 0.15) is 17.6 Å². The van der Waals surface area contributed by atoms with Crippen molar-refractivity contribution in [2.45, 2.75) is 130 Å². The first-order valence-corrected chi connectivity index (χ1v) is 21.5. The zero-order valence-corrected chi connectivity index (χ0v) is 37.7. The van der Waals surface area contributed by atoms with Gasteiger partial charge >= 0.3 is 11.8 Å². The number of fused-ring (bicyclic) bond motifs is 9. The molecule has 338 valence electrons. The summed E-state index contributed by atoms with van der Waals surface area (Å²) in [6.07, 6.45) is 4.72. The molecule has 5 rings (SSSR count). The predicted octanol–water partition coefficient (Wildman–Crippen LogP) is 3.73. The molecule has 3 fully saturated rings. The van der Waals surface area contributed by atoms with E-state index in [9.17, 15) is 34.5 Å². The molecular weight excluding hydrogens is 785 g/mol. The zero-order valence-electron chi connectivity index (χ0n) is 37.7. The molecule has 6 bridgehead atoms. The van der Waals surface area contributed by atoms with Crippen molar-refractivity contribution in [3.05, 3.63) is 71.0 Å². The summed E-state index contributed by atoms with van der Waals surface area (Å²) >= 11 is 0. The van der Waals surface area contributed by atoms with Gasteiger partial charge in [-0.2, -0.15) is 0 Å². The molecule has 61 heavy (non-hydrogen) atoms. The molecule has 15 heteroatoms. The molecule has 11 atom stereocenters. The summed E-state index contributed by atoms with van der Waals surface area (Å²) in [5, 5.41) is 42.4. The highest BCUT2D eigenvalue weighted by Gasteiger charge is 2.59. The van der Waals surface area contributed by atoms with E-state index in [4.69, 9.17) is 18.9 Å². The van der Waals surface area contributed by atoms with Crippen molar-refractivity contribution in [2.75, 3.05) is 33.3 Å². The summed E-state index contributed by atoms with van der Waals surface area (Å²) in [5.74, 6) is -6.07. The van der Waals surface area contributed by atoms with Crippen LogP contribution in [0.15, 0.2) is 71.0 Å². The first-order chi connectivity index (χ1) is 28.5. The number of esters is 1. The lowest BCUT2D eigenvalue weighted by molar-refractivity contribution is -0.172. The molecular formula is C46H68N4O11. The number of nitrogens with zero attached hydrogens (tertiary/aromatic N) is 2. The fourth-order valence-electron chi connectivity index (χ4n) is 9.56. The number of ketones is 2. The Bertz CT molecular complexity index is 1890. The van der Waals surface area contributed by atoms with Crippen molar-refractivity contribution in [3.8, 4) is 0 Å². The van der Waals surface area contributed by atoms with E-state index in [0.717, 1.165) is 19.6 Å². The second-order valence-corrected chi connectivity index (χ2v) is 18.3. The van der Waals surface area contributed by atoms with Gasteiger partial charge in [0.05, 0.1) is 47.9 Å². The van der Waals surface area contributed by atoms with Crippen LogP contribution in [0, 0.1) is 29.6 Å². The molecule has 0 aromatic carbocycles. The Morgan fingerprint density at radius 1 is 1.03 bits per heavy atom. The number of aliphatic hydroxyl groups excluding tert-OH is 2. The normalized spacial score (nSPS) is 39.9. The van der Waals surface area contributed by atoms with Crippen LogP contribution in [0.1, 0.15) is 88.5 Å². The maximum atomic E-state index is 14.3. The lowest BCUT2D eigenvalue weighted by atomic mass is 9.78. The molecule has 1 spiro atoms. The van der Waals surface area contributed by atoms with Crippen LogP contribution in [0.25, 0.3) is 0 Å². The van der Waals surface area contributed by atoms with Crippen molar-refractivity contribution in [3.63, 3.8) is 0 Å². The molecule has 5 heterocycles. The highest BCUT2D eigenvalue weighted by atomic mass is 16.7. The van der Waals surface area contributed by atoms with E-state index in [2.05, 4.69) is 36.0 Å². The topological polar surface area (TPSA) is 196 Å². The molecule has 0 saturated carbocycles. The number of methoxy groups -OCH3 is 1. The van der Waals surface area contributed by atoms with Crippen molar-refractivity contribution in [1.82, 2.24) is 20.4 Å². The number of aliphatic hydroxyl groups is 3. The molecule has 5 aliphatic rings. The summed E-state index contributed by atoms with van der Waals surface area (Å²) < 4.78 is 23.9. The van der Waals surface area contributed by atoms with Gasteiger partial charge in [0.2, 0.25) is 5.78 Å². The molecule has 0 aliphatic carbocycles. The van der Waals surface area contributed by atoms with Gasteiger partial charge < -0.3 is 49.8 Å². The van der Waals surface area contributed by atoms with Gasteiger partial charge in [-0.15, -0.1) is 0 Å². The SMILES string of the molecule is C=C1C(=O)[C@@]2(C)O/C=C/[C@H](OC)[C@@H](C)[C@@H](OC(C)=O)[C@H](C)[C@H](O)[C@H](C)[C@@H](O)[C@@H](C)/C=C/C=C(/C)C(=O)NC3=C4CN(C5(CCN(CC(C)C)CC5)N4)C(O)(CC3=O)/C(C)=C\1O2. The summed E-state index contributed by atoms with van der Waals surface area (Å²) in [5.41, 5.74) is -1.86. The van der Waals surface area contributed by atoms with Crippen LogP contribution in [0.5, 0.6) is 0 Å². The molecule has 15 nitrogen and oxygen atoms in total. The van der Waals surface area contributed by atoms with Crippen molar-refractivity contribution in [1.29, 1.82) is 0 Å². The Morgan fingerprint density at radius 3 is 2.30 bits per heavy atom. The number of likely N-dealkylation sites (tertiary alicyclic amines) is 1. The van der Waals surface area contributed by atoms with E-state index >= 15 is 0 Å². The summed E-state index contributed by atoms with van der Waals surface area (Å²) in [6, 6.07) is 0. The predicted molar refractivity (Wildman–Crippen MR) is 227 cm³/mol. The monoisotopic (exact) mass is 852 g/mol. The van der Waals surface area contributed by atoms with Crippen LogP contribution in [0.4, 0.5) is 0 Å². The number of allylic oxidation sites excluding steroid dienone is 4. The van der Waals surface area contributed by atoms with Gasteiger partial charge in [0.25, 0.3) is 5.91 Å². The summed E-state index contributed by atoms with van der Waals surface area (Å²) in [4.78, 5) is 58.6. The fourth-order valence-corrected chi connectivity index (χ4v) is 9.56. The summed E-state index contributed by atoms with van der Waals surface area (Å²) in [6.45, 7) is 23.8. The number of ether oxygens (including phenoxy) is 4. The van der Waals surface area contributed by atoms with E-state index in [1.807, 2.05) is 4.90 Å². The Kier molecular flexibility index (Phi) is 14.7. The van der Waals surface area contributed by atoms with Crippen LogP contribution in [-0.4, -0.2) is 123 Å². The van der Waals surface area contributed by atoms with Crippen molar-refractivity contribution in [2.24, 2.45) is 29.6 Å². The quantitative estimate of drug-likeness (QED) is 0.203. The van der Waals surface area contributed by atoms with E-state index in [1.54, 1.807) is 65.8 Å². The number of hydrogen-bond acceptors (Lipinski definition) is 14. The van der Waals surface area contributed by atoms with Crippen LogP contribution in [0.2, 0.25) is 0 Å². The van der Waals surface area contributed by atoms with Gasteiger partial charge in [-0.25, -0.2) is 4.90 Å². The third-order valence-electron chi connectivity index (χ3n) is 13.4. The van der Waals surface area contributed by atoms with Crippen molar-refractivity contribution >= 4 is 23.4 Å². The molecule has 3 saturated heterocycles. The lowest BCUT2D eigenvalue weighted by Crippen LogP contribution is -2.66. The van der Waals surface area contributed by atoms with Crippen LogP contribution >= 0.6 is 0 Å². The first kappa shape index (κ1) is 47.9. The number of hydrogen-bond donors (Lipinski definition) is 5. The van der Waals surface area contributed by atoms with Crippen molar-refractivity contribution < 1.29 is 53.4 Å². The average Bonchev–Trinajstić information content (AvgIpc) is 3.65. The molecule has 5 N–H and O–H groups in total. The van der Waals surface area contributed by atoms with Crippen LogP contribution < -0.4 is 10.6 Å².